The highest BCUT2D eigenvalue weighted by Gasteiger charge is 2.24. The molecule has 7 heteroatoms. The fourth-order valence-corrected chi connectivity index (χ4v) is 3.49. The predicted octanol–water partition coefficient (Wildman–Crippen LogP) is 5.41. The van der Waals surface area contributed by atoms with Crippen LogP contribution in [0.15, 0.2) is 53.5 Å². The van der Waals surface area contributed by atoms with Gasteiger partial charge in [-0.3, -0.25) is 9.69 Å². The summed E-state index contributed by atoms with van der Waals surface area (Å²) in [4.78, 5) is 18.5. The molecule has 2 aromatic rings. The number of carbonyl (C=O) groups excluding carboxylic acids is 1. The summed E-state index contributed by atoms with van der Waals surface area (Å²) in [5.74, 6) is 0.223. The normalized spacial score (nSPS) is 16.1. The van der Waals surface area contributed by atoms with Crippen molar-refractivity contribution < 1.29 is 9.18 Å². The van der Waals surface area contributed by atoms with E-state index in [1.54, 1.807) is 41.3 Å². The summed E-state index contributed by atoms with van der Waals surface area (Å²) in [6, 6.07) is 11.1. The minimum Gasteiger partial charge on any atom is -0.287 e. The molecule has 1 saturated heterocycles. The average Bonchev–Trinajstić information content (AvgIpc) is 3.04. The van der Waals surface area contributed by atoms with E-state index < -0.39 is 0 Å². The van der Waals surface area contributed by atoms with Gasteiger partial charge in [0.25, 0.3) is 5.91 Å². The molecule has 0 saturated carbocycles. The third-order valence-electron chi connectivity index (χ3n) is 3.44. The molecule has 0 radical (unpaired) electrons. The number of hydrogen-bond acceptors (Lipinski definition) is 3. The van der Waals surface area contributed by atoms with Crippen molar-refractivity contribution in [2.24, 2.45) is 4.99 Å². The smallest absolute Gasteiger partial charge is 0.252 e. The molecule has 1 aliphatic rings. The number of aliphatic imine (C=N–C) groups is 1. The number of nitrogens with zero attached hydrogens (tertiary/aromatic N) is 2. The summed E-state index contributed by atoms with van der Waals surface area (Å²) < 4.78 is 13.2. The second-order valence-electron chi connectivity index (χ2n) is 5.22. The van der Waals surface area contributed by atoms with Crippen LogP contribution in [0, 0.1) is 5.82 Å². The molecule has 1 amide bonds. The van der Waals surface area contributed by atoms with Crippen molar-refractivity contribution in [2.45, 2.75) is 0 Å². The van der Waals surface area contributed by atoms with Gasteiger partial charge in [-0.2, -0.15) is 0 Å². The summed E-state index contributed by atoms with van der Waals surface area (Å²) in [6.07, 6.45) is 3.01. The Bertz CT molecular complexity index is 870. The van der Waals surface area contributed by atoms with Gasteiger partial charge >= 0.3 is 0 Å². The van der Waals surface area contributed by atoms with Crippen molar-refractivity contribution in [3.8, 4) is 0 Å². The molecule has 0 bridgehead atoms. The van der Waals surface area contributed by atoms with Gasteiger partial charge < -0.3 is 0 Å². The SMILES string of the molecule is O=C(/C=C/c1cccc(F)c1)N1CCSC1=Nc1ccc(Cl)c(Cl)c1. The Balaban J connectivity index is 1.77. The lowest BCUT2D eigenvalue weighted by Gasteiger charge is -2.13. The van der Waals surface area contributed by atoms with Gasteiger partial charge in [-0.15, -0.1) is 0 Å². The van der Waals surface area contributed by atoms with Gasteiger partial charge in [-0.05, 0) is 42.0 Å². The molecular weight excluding hydrogens is 382 g/mol. The topological polar surface area (TPSA) is 32.7 Å². The van der Waals surface area contributed by atoms with Crippen LogP contribution >= 0.6 is 35.0 Å². The zero-order chi connectivity index (χ0) is 17.8. The van der Waals surface area contributed by atoms with Crippen LogP contribution in [-0.2, 0) is 4.79 Å². The number of carbonyl (C=O) groups is 1. The molecule has 25 heavy (non-hydrogen) atoms. The van der Waals surface area contributed by atoms with Crippen molar-refractivity contribution in [2.75, 3.05) is 12.3 Å². The molecule has 0 N–H and O–H groups in total. The summed E-state index contributed by atoms with van der Waals surface area (Å²) in [7, 11) is 0. The zero-order valence-electron chi connectivity index (χ0n) is 13.0. The number of hydrogen-bond donors (Lipinski definition) is 0. The van der Waals surface area contributed by atoms with Gasteiger partial charge in [0.1, 0.15) is 5.82 Å². The highest BCUT2D eigenvalue weighted by Crippen LogP contribution is 2.29. The van der Waals surface area contributed by atoms with E-state index in [0.717, 1.165) is 5.75 Å². The largest absolute Gasteiger partial charge is 0.287 e. The lowest BCUT2D eigenvalue weighted by molar-refractivity contribution is -0.121. The maximum absolute atomic E-state index is 13.2. The molecule has 0 aromatic heterocycles. The predicted molar refractivity (Wildman–Crippen MR) is 103 cm³/mol. The Morgan fingerprint density at radius 3 is 2.80 bits per heavy atom. The van der Waals surface area contributed by atoms with Crippen LogP contribution in [0.25, 0.3) is 6.08 Å². The average molecular weight is 395 g/mol. The van der Waals surface area contributed by atoms with Gasteiger partial charge in [0, 0.05) is 18.4 Å². The van der Waals surface area contributed by atoms with Crippen LogP contribution in [0.1, 0.15) is 5.56 Å². The first-order valence-electron chi connectivity index (χ1n) is 7.44. The molecule has 0 spiro atoms. The van der Waals surface area contributed by atoms with Gasteiger partial charge in [0.2, 0.25) is 0 Å². The lowest BCUT2D eigenvalue weighted by atomic mass is 10.2. The van der Waals surface area contributed by atoms with E-state index >= 15 is 0 Å². The quantitative estimate of drug-likeness (QED) is 0.651. The summed E-state index contributed by atoms with van der Waals surface area (Å²) in [6.45, 7) is 0.567. The first-order chi connectivity index (χ1) is 12.0. The Hall–Kier alpha value is -1.82. The number of thioether (sulfide) groups is 1. The molecule has 3 rings (SSSR count). The molecule has 0 atom stereocenters. The minimum absolute atomic E-state index is 0.201. The number of rotatable bonds is 3. The monoisotopic (exact) mass is 394 g/mol. The Morgan fingerprint density at radius 2 is 2.04 bits per heavy atom. The Morgan fingerprint density at radius 1 is 1.20 bits per heavy atom. The van der Waals surface area contributed by atoms with Crippen LogP contribution in [-0.4, -0.2) is 28.3 Å². The first kappa shape index (κ1) is 18.0. The van der Waals surface area contributed by atoms with Gasteiger partial charge in [-0.25, -0.2) is 9.38 Å². The molecule has 0 aliphatic carbocycles. The highest BCUT2D eigenvalue weighted by molar-refractivity contribution is 8.14. The molecule has 1 aliphatic heterocycles. The molecule has 3 nitrogen and oxygen atoms in total. The molecule has 0 unspecified atom stereocenters. The van der Waals surface area contributed by atoms with Gasteiger partial charge in [-0.1, -0.05) is 47.1 Å². The number of amides is 1. The van der Waals surface area contributed by atoms with Crippen molar-refractivity contribution in [3.63, 3.8) is 0 Å². The maximum Gasteiger partial charge on any atom is 0.252 e. The third-order valence-corrected chi connectivity index (χ3v) is 5.13. The van der Waals surface area contributed by atoms with Gasteiger partial charge in [0.15, 0.2) is 5.17 Å². The van der Waals surface area contributed by atoms with Crippen LogP contribution in [0.2, 0.25) is 10.0 Å². The number of benzene rings is 2. The van der Waals surface area contributed by atoms with Crippen molar-refractivity contribution in [1.29, 1.82) is 0 Å². The molecule has 1 fully saturated rings. The Kier molecular flexibility index (Phi) is 5.78. The van der Waals surface area contributed by atoms with Crippen molar-refractivity contribution in [3.05, 3.63) is 70.0 Å². The minimum atomic E-state index is -0.340. The first-order valence-corrected chi connectivity index (χ1v) is 9.19. The van der Waals surface area contributed by atoms with E-state index in [1.165, 1.54) is 30.0 Å². The maximum atomic E-state index is 13.2. The lowest BCUT2D eigenvalue weighted by Crippen LogP contribution is -2.30. The van der Waals surface area contributed by atoms with Crippen molar-refractivity contribution in [1.82, 2.24) is 4.90 Å². The standard InChI is InChI=1S/C18H13Cl2FN2OS/c19-15-6-5-14(11-16(15)20)22-18-23(8-9-25-18)17(24)7-4-12-2-1-3-13(21)10-12/h1-7,10-11H,8-9H2/b7-4+,22-18?. The van der Waals surface area contributed by atoms with Crippen LogP contribution in [0.3, 0.4) is 0 Å². The summed E-state index contributed by atoms with van der Waals surface area (Å²) in [5.41, 5.74) is 1.26. The van der Waals surface area contributed by atoms with Crippen molar-refractivity contribution >= 4 is 57.8 Å². The number of halogens is 3. The Labute approximate surface area is 159 Å². The fourth-order valence-electron chi connectivity index (χ4n) is 2.23. The molecule has 2 aromatic carbocycles. The molecule has 1 heterocycles. The van der Waals surface area contributed by atoms with E-state index in [0.29, 0.717) is 33.0 Å². The van der Waals surface area contributed by atoms with Crippen LogP contribution < -0.4 is 0 Å². The summed E-state index contributed by atoms with van der Waals surface area (Å²) >= 11 is 13.4. The third kappa shape index (κ3) is 4.63. The van der Waals surface area contributed by atoms with Crippen LogP contribution in [0.4, 0.5) is 10.1 Å². The molecular formula is C18H13Cl2FN2OS. The van der Waals surface area contributed by atoms with E-state index in [2.05, 4.69) is 4.99 Å². The van der Waals surface area contributed by atoms with E-state index in [-0.39, 0.29) is 11.7 Å². The fraction of sp³-hybridized carbons (Fsp3) is 0.111. The van der Waals surface area contributed by atoms with Crippen LogP contribution in [0.5, 0.6) is 0 Å². The number of amidine groups is 1. The highest BCUT2D eigenvalue weighted by atomic mass is 35.5. The summed E-state index contributed by atoms with van der Waals surface area (Å²) in [5, 5.41) is 1.47. The van der Waals surface area contributed by atoms with E-state index in [1.807, 2.05) is 0 Å². The second-order valence-corrected chi connectivity index (χ2v) is 7.10. The second kappa shape index (κ2) is 8.04. The van der Waals surface area contributed by atoms with Gasteiger partial charge in [0.05, 0.1) is 15.7 Å². The van der Waals surface area contributed by atoms with E-state index in [9.17, 15) is 9.18 Å². The zero-order valence-corrected chi connectivity index (χ0v) is 15.3. The molecule has 128 valence electrons. The van der Waals surface area contributed by atoms with E-state index in [4.69, 9.17) is 23.2 Å².